The van der Waals surface area contributed by atoms with Gasteiger partial charge in [-0.15, -0.1) is 0 Å². The van der Waals surface area contributed by atoms with Crippen molar-refractivity contribution in [1.82, 2.24) is 9.21 Å². The number of benzene rings is 2. The molecule has 1 aliphatic rings. The average Bonchev–Trinajstić information content (AvgIpc) is 2.74. The molecule has 29 heavy (non-hydrogen) atoms. The molecule has 0 unspecified atom stereocenters. The maximum Gasteiger partial charge on any atom is 0.243 e. The number of carbonyl (C=O) groups excluding carboxylic acids is 1. The van der Waals surface area contributed by atoms with Crippen LogP contribution in [0.2, 0.25) is 5.02 Å². The number of rotatable bonds is 6. The number of methoxy groups -OCH3 is 1. The van der Waals surface area contributed by atoms with Gasteiger partial charge >= 0.3 is 0 Å². The van der Waals surface area contributed by atoms with Gasteiger partial charge in [0.2, 0.25) is 15.9 Å². The Morgan fingerprint density at radius 3 is 2.62 bits per heavy atom. The molecule has 0 aromatic heterocycles. The van der Waals surface area contributed by atoms with E-state index in [0.717, 1.165) is 5.56 Å². The number of hydrogen-bond acceptors (Lipinski definition) is 4. The predicted molar refractivity (Wildman–Crippen MR) is 112 cm³/mol. The standard InChI is InChI=1S/C21H25ClN2O4S/c1-23(14-16-7-4-3-5-8-16)21(25)17-9-6-12-24(15-17)29(26,27)18-10-11-20(28-2)19(22)13-18/h3-5,7-8,10-11,13,17H,6,9,12,14-15H2,1-2H3/t17-/m1/s1. The lowest BCUT2D eigenvalue weighted by atomic mass is 9.98. The van der Waals surface area contributed by atoms with Crippen LogP contribution in [0.3, 0.4) is 0 Å². The Hall–Kier alpha value is -2.09. The van der Waals surface area contributed by atoms with Crippen molar-refractivity contribution in [3.63, 3.8) is 0 Å². The number of sulfonamides is 1. The summed E-state index contributed by atoms with van der Waals surface area (Å²) >= 11 is 6.10. The zero-order valence-electron chi connectivity index (χ0n) is 16.5. The molecular formula is C21H25ClN2O4S. The Bertz CT molecular complexity index is 966. The molecule has 156 valence electrons. The average molecular weight is 437 g/mol. The molecule has 1 fully saturated rings. The summed E-state index contributed by atoms with van der Waals surface area (Å²) in [5, 5.41) is 0.237. The Morgan fingerprint density at radius 1 is 1.24 bits per heavy atom. The van der Waals surface area contributed by atoms with E-state index in [2.05, 4.69) is 0 Å². The van der Waals surface area contributed by atoms with Crippen molar-refractivity contribution in [1.29, 1.82) is 0 Å². The third kappa shape index (κ3) is 4.91. The van der Waals surface area contributed by atoms with Gasteiger partial charge in [-0.05, 0) is 36.6 Å². The third-order valence-electron chi connectivity index (χ3n) is 5.13. The summed E-state index contributed by atoms with van der Waals surface area (Å²) < 4.78 is 32.6. The lowest BCUT2D eigenvalue weighted by Crippen LogP contribution is -2.45. The fourth-order valence-corrected chi connectivity index (χ4v) is 5.44. The molecule has 1 saturated heterocycles. The fourth-order valence-electron chi connectivity index (χ4n) is 3.57. The highest BCUT2D eigenvalue weighted by Gasteiger charge is 2.34. The summed E-state index contributed by atoms with van der Waals surface area (Å²) in [6.07, 6.45) is 1.31. The van der Waals surface area contributed by atoms with Gasteiger partial charge in [0.15, 0.2) is 0 Å². The van der Waals surface area contributed by atoms with E-state index in [1.165, 1.54) is 29.6 Å². The zero-order valence-corrected chi connectivity index (χ0v) is 18.1. The van der Waals surface area contributed by atoms with E-state index in [9.17, 15) is 13.2 Å². The number of piperidine rings is 1. The quantitative estimate of drug-likeness (QED) is 0.696. The first-order chi connectivity index (χ1) is 13.8. The minimum Gasteiger partial charge on any atom is -0.495 e. The molecule has 0 bridgehead atoms. The van der Waals surface area contributed by atoms with Gasteiger partial charge in [0, 0.05) is 26.7 Å². The van der Waals surface area contributed by atoms with Crippen molar-refractivity contribution in [3.05, 3.63) is 59.1 Å². The Kier molecular flexibility index (Phi) is 6.82. The zero-order chi connectivity index (χ0) is 21.0. The van der Waals surface area contributed by atoms with Crippen LogP contribution in [0.25, 0.3) is 0 Å². The van der Waals surface area contributed by atoms with Crippen molar-refractivity contribution in [2.75, 3.05) is 27.2 Å². The summed E-state index contributed by atoms with van der Waals surface area (Å²) in [5.41, 5.74) is 1.04. The summed E-state index contributed by atoms with van der Waals surface area (Å²) in [7, 11) is -0.508. The maximum atomic E-state index is 13.1. The first-order valence-corrected chi connectivity index (χ1v) is 11.3. The molecule has 0 N–H and O–H groups in total. The molecule has 1 atom stereocenters. The van der Waals surface area contributed by atoms with Crippen LogP contribution >= 0.6 is 11.6 Å². The monoisotopic (exact) mass is 436 g/mol. The number of nitrogens with zero attached hydrogens (tertiary/aromatic N) is 2. The molecule has 0 aliphatic carbocycles. The highest BCUT2D eigenvalue weighted by molar-refractivity contribution is 7.89. The number of carbonyl (C=O) groups is 1. The molecule has 6 nitrogen and oxygen atoms in total. The second-order valence-corrected chi connectivity index (χ2v) is 9.52. The minimum atomic E-state index is -3.74. The first kappa shape index (κ1) is 21.6. The molecule has 2 aromatic carbocycles. The summed E-state index contributed by atoms with van der Waals surface area (Å²) in [4.78, 5) is 14.7. The Balaban J connectivity index is 1.72. The second-order valence-electron chi connectivity index (χ2n) is 7.18. The van der Waals surface area contributed by atoms with Crippen molar-refractivity contribution < 1.29 is 17.9 Å². The molecule has 2 aromatic rings. The van der Waals surface area contributed by atoms with Crippen LogP contribution in [-0.4, -0.2) is 50.8 Å². The van der Waals surface area contributed by atoms with Crippen molar-refractivity contribution in [3.8, 4) is 5.75 Å². The van der Waals surface area contributed by atoms with Gasteiger partial charge in [-0.1, -0.05) is 41.9 Å². The van der Waals surface area contributed by atoms with E-state index in [-0.39, 0.29) is 28.3 Å². The highest BCUT2D eigenvalue weighted by atomic mass is 35.5. The molecule has 1 amide bonds. The van der Waals surface area contributed by atoms with Crippen LogP contribution in [0.15, 0.2) is 53.4 Å². The van der Waals surface area contributed by atoms with Crippen LogP contribution in [0.1, 0.15) is 18.4 Å². The van der Waals surface area contributed by atoms with Gasteiger partial charge in [-0.2, -0.15) is 4.31 Å². The van der Waals surface area contributed by atoms with E-state index in [0.29, 0.717) is 31.7 Å². The van der Waals surface area contributed by atoms with E-state index in [1.807, 2.05) is 30.3 Å². The summed E-state index contributed by atoms with van der Waals surface area (Å²) in [5.74, 6) is 0.0160. The third-order valence-corrected chi connectivity index (χ3v) is 7.29. The van der Waals surface area contributed by atoms with Crippen LogP contribution < -0.4 is 4.74 Å². The molecule has 0 radical (unpaired) electrons. The summed E-state index contributed by atoms with van der Waals surface area (Å²) in [6.45, 7) is 1.05. The molecule has 1 aliphatic heterocycles. The van der Waals surface area contributed by atoms with Gasteiger partial charge in [0.25, 0.3) is 0 Å². The van der Waals surface area contributed by atoms with E-state index >= 15 is 0 Å². The fraction of sp³-hybridized carbons (Fsp3) is 0.381. The molecule has 8 heteroatoms. The number of halogens is 1. The Morgan fingerprint density at radius 2 is 1.97 bits per heavy atom. The molecule has 0 saturated carbocycles. The lowest BCUT2D eigenvalue weighted by Gasteiger charge is -2.33. The van der Waals surface area contributed by atoms with Crippen molar-refractivity contribution >= 4 is 27.5 Å². The molecular weight excluding hydrogens is 412 g/mol. The van der Waals surface area contributed by atoms with Crippen LogP contribution in [-0.2, 0) is 21.4 Å². The van der Waals surface area contributed by atoms with Crippen LogP contribution in [0, 0.1) is 5.92 Å². The minimum absolute atomic E-state index is 0.0403. The second kappa shape index (κ2) is 9.15. The largest absolute Gasteiger partial charge is 0.495 e. The smallest absolute Gasteiger partial charge is 0.243 e. The van der Waals surface area contributed by atoms with Gasteiger partial charge < -0.3 is 9.64 Å². The predicted octanol–water partition coefficient (Wildman–Crippen LogP) is 3.41. The Labute approximate surface area is 177 Å². The van der Waals surface area contributed by atoms with Gasteiger partial charge in [-0.3, -0.25) is 4.79 Å². The van der Waals surface area contributed by atoms with E-state index < -0.39 is 10.0 Å². The number of ether oxygens (including phenoxy) is 1. The van der Waals surface area contributed by atoms with Crippen LogP contribution in [0.5, 0.6) is 5.75 Å². The topological polar surface area (TPSA) is 66.9 Å². The van der Waals surface area contributed by atoms with Gasteiger partial charge in [0.05, 0.1) is 22.9 Å². The molecule has 1 heterocycles. The van der Waals surface area contributed by atoms with Gasteiger partial charge in [-0.25, -0.2) is 8.42 Å². The number of amides is 1. The highest BCUT2D eigenvalue weighted by Crippen LogP contribution is 2.30. The molecule has 0 spiro atoms. The molecule has 3 rings (SSSR count). The van der Waals surface area contributed by atoms with Gasteiger partial charge in [0.1, 0.15) is 5.75 Å². The van der Waals surface area contributed by atoms with Crippen molar-refractivity contribution in [2.45, 2.75) is 24.3 Å². The SMILES string of the molecule is COc1ccc(S(=O)(=O)N2CCC[C@@H](C(=O)N(C)Cc3ccccc3)C2)cc1Cl. The number of hydrogen-bond donors (Lipinski definition) is 0. The van der Waals surface area contributed by atoms with Crippen molar-refractivity contribution in [2.24, 2.45) is 5.92 Å². The summed E-state index contributed by atoms with van der Waals surface area (Å²) in [6, 6.07) is 14.1. The van der Waals surface area contributed by atoms with E-state index in [1.54, 1.807) is 11.9 Å². The normalized spacial score (nSPS) is 17.7. The lowest BCUT2D eigenvalue weighted by molar-refractivity contribution is -0.135. The first-order valence-electron chi connectivity index (χ1n) is 9.45. The van der Waals surface area contributed by atoms with E-state index in [4.69, 9.17) is 16.3 Å². The maximum absolute atomic E-state index is 13.1. The van der Waals surface area contributed by atoms with Crippen LogP contribution in [0.4, 0.5) is 0 Å².